The summed E-state index contributed by atoms with van der Waals surface area (Å²) in [6.45, 7) is 6.14. The second-order valence-electron chi connectivity index (χ2n) is 6.80. The normalized spacial score (nSPS) is 31.2. The van der Waals surface area contributed by atoms with Crippen LogP contribution >= 0.6 is 23.5 Å². The van der Waals surface area contributed by atoms with Crippen LogP contribution < -0.4 is 16.0 Å². The number of rotatable bonds is 5. The predicted molar refractivity (Wildman–Crippen MR) is 110 cm³/mol. The molecule has 0 aromatic heterocycles. The molecule has 0 bridgehead atoms. The molecular formula is C20H25N5S2+2. The van der Waals surface area contributed by atoms with Crippen LogP contribution in [0.15, 0.2) is 42.1 Å². The van der Waals surface area contributed by atoms with Gasteiger partial charge in [-0.3, -0.25) is 10.7 Å². The molecule has 2 aliphatic rings. The maximum absolute atomic E-state index is 10.5. The van der Waals surface area contributed by atoms with E-state index in [1.807, 2.05) is 43.3 Å². The van der Waals surface area contributed by atoms with Crippen LogP contribution in [0.2, 0.25) is 0 Å². The van der Waals surface area contributed by atoms with E-state index in [-0.39, 0.29) is 6.04 Å². The van der Waals surface area contributed by atoms with Crippen molar-refractivity contribution in [1.82, 2.24) is 0 Å². The second kappa shape index (κ2) is 7.24. The molecule has 7 heteroatoms. The fraction of sp³-hybridized carbons (Fsp3) is 0.450. The molecule has 0 amide bonds. The average molecular weight is 400 g/mol. The van der Waals surface area contributed by atoms with Gasteiger partial charge in [-0.1, -0.05) is 67.7 Å². The van der Waals surface area contributed by atoms with Gasteiger partial charge in [-0.15, -0.1) is 0 Å². The van der Waals surface area contributed by atoms with Gasteiger partial charge >= 0.3 is 0 Å². The van der Waals surface area contributed by atoms with Crippen molar-refractivity contribution in [3.05, 3.63) is 47.7 Å². The molecule has 0 fully saturated rings. The van der Waals surface area contributed by atoms with Gasteiger partial charge in [-0.25, -0.2) is 0 Å². The van der Waals surface area contributed by atoms with Crippen molar-refractivity contribution in [3.63, 3.8) is 0 Å². The molecule has 2 heterocycles. The summed E-state index contributed by atoms with van der Waals surface area (Å²) < 4.78 is -0.701. The van der Waals surface area contributed by atoms with E-state index >= 15 is 0 Å². The molecule has 0 spiro atoms. The molecule has 0 unspecified atom stereocenters. The van der Waals surface area contributed by atoms with Crippen molar-refractivity contribution < 1.29 is 10.3 Å². The van der Waals surface area contributed by atoms with Crippen LogP contribution in [-0.4, -0.2) is 21.5 Å². The molecule has 2 aliphatic heterocycles. The van der Waals surface area contributed by atoms with Gasteiger partial charge in [0, 0.05) is 18.6 Å². The van der Waals surface area contributed by atoms with E-state index in [2.05, 4.69) is 36.3 Å². The number of allylic oxidation sites excluding steroid dienone is 1. The fourth-order valence-corrected chi connectivity index (χ4v) is 7.62. The van der Waals surface area contributed by atoms with Gasteiger partial charge in [0.1, 0.15) is 11.7 Å². The summed E-state index contributed by atoms with van der Waals surface area (Å²) in [5.41, 5.74) is 6.30. The van der Waals surface area contributed by atoms with Crippen LogP contribution in [0, 0.1) is 33.5 Å². The Labute approximate surface area is 169 Å². The first-order valence-electron chi connectivity index (χ1n) is 9.07. The SMILES string of the molecule is CCSC1(SCC)[NH+]=C(N)[C@@]2(C#N)[C@@H](c3ccccc3)[NH2+]C(C)=C[C@@]12C#N. The zero-order valence-corrected chi connectivity index (χ0v) is 17.5. The van der Waals surface area contributed by atoms with Crippen LogP contribution in [0.25, 0.3) is 0 Å². The Morgan fingerprint density at radius 1 is 1.15 bits per heavy atom. The Balaban J connectivity index is 2.35. The van der Waals surface area contributed by atoms with Gasteiger partial charge in [0.2, 0.25) is 9.62 Å². The molecule has 140 valence electrons. The van der Waals surface area contributed by atoms with Crippen molar-refractivity contribution in [2.75, 3.05) is 11.5 Å². The highest BCUT2D eigenvalue weighted by Gasteiger charge is 2.80. The van der Waals surface area contributed by atoms with Gasteiger partial charge in [0.05, 0.1) is 12.1 Å². The molecule has 3 rings (SSSR count). The van der Waals surface area contributed by atoms with E-state index < -0.39 is 15.0 Å². The molecule has 5 nitrogen and oxygen atoms in total. The Morgan fingerprint density at radius 2 is 1.78 bits per heavy atom. The number of thioether (sulfide) groups is 2. The monoisotopic (exact) mass is 399 g/mol. The number of hydrogen-bond donors (Lipinski definition) is 3. The maximum atomic E-state index is 10.5. The first kappa shape index (κ1) is 19.8. The smallest absolute Gasteiger partial charge is 0.272 e. The van der Waals surface area contributed by atoms with Crippen LogP contribution in [0.3, 0.4) is 0 Å². The van der Waals surface area contributed by atoms with E-state index in [1.165, 1.54) is 0 Å². The first-order chi connectivity index (χ1) is 13.0. The Hall–Kier alpha value is -1.93. The summed E-state index contributed by atoms with van der Waals surface area (Å²) in [7, 11) is 0. The molecule has 0 saturated carbocycles. The predicted octanol–water partition coefficient (Wildman–Crippen LogP) is 0.840. The number of nitrogens with two attached hydrogens (primary N) is 2. The van der Waals surface area contributed by atoms with Gasteiger partial charge in [0.15, 0.2) is 5.41 Å². The molecule has 0 saturated heterocycles. The lowest BCUT2D eigenvalue weighted by Gasteiger charge is -2.44. The Bertz CT molecular complexity index is 861. The molecule has 1 aromatic rings. The molecule has 1 aromatic carbocycles. The highest BCUT2D eigenvalue weighted by Crippen LogP contribution is 2.62. The lowest BCUT2D eigenvalue weighted by Crippen LogP contribution is -2.90. The number of nitriles is 2. The van der Waals surface area contributed by atoms with Crippen molar-refractivity contribution >= 4 is 29.4 Å². The highest BCUT2D eigenvalue weighted by molar-refractivity contribution is 8.17. The van der Waals surface area contributed by atoms with Gasteiger partial charge in [-0.05, 0) is 11.5 Å². The van der Waals surface area contributed by atoms with Gasteiger partial charge in [0.25, 0.3) is 5.84 Å². The van der Waals surface area contributed by atoms with E-state index in [0.717, 1.165) is 22.8 Å². The third kappa shape index (κ3) is 2.53. The molecule has 0 aliphatic carbocycles. The van der Waals surface area contributed by atoms with Crippen LogP contribution in [0.4, 0.5) is 0 Å². The van der Waals surface area contributed by atoms with E-state index in [1.54, 1.807) is 23.5 Å². The van der Waals surface area contributed by atoms with Crippen molar-refractivity contribution in [2.45, 2.75) is 31.0 Å². The number of nitrogens with one attached hydrogen (secondary N) is 1. The number of quaternary nitrogens is 1. The molecule has 3 atom stereocenters. The van der Waals surface area contributed by atoms with E-state index in [4.69, 9.17) is 5.73 Å². The minimum Gasteiger partial charge on any atom is -0.310 e. The summed E-state index contributed by atoms with van der Waals surface area (Å²) >= 11 is 3.31. The summed E-state index contributed by atoms with van der Waals surface area (Å²) in [5, 5.41) is 23.1. The van der Waals surface area contributed by atoms with Crippen molar-refractivity contribution in [2.24, 2.45) is 16.6 Å². The maximum Gasteiger partial charge on any atom is 0.272 e. The third-order valence-corrected chi connectivity index (χ3v) is 8.36. The molecule has 0 radical (unpaired) electrons. The standard InChI is InChI=1S/C20H23N5S2/c1-4-26-20(27-5-2)18(12-21)11-14(3)24-16(15-9-7-6-8-10-15)19(18,13-22)17(23)25-20/h6-11,16,24H,4-5H2,1-3H3,(H2,23,25)/p+2/t16-,18+,19-/m1/s1. The van der Waals surface area contributed by atoms with Gasteiger partial charge in [-0.2, -0.15) is 10.5 Å². The molecule has 27 heavy (non-hydrogen) atoms. The Morgan fingerprint density at radius 3 is 2.30 bits per heavy atom. The van der Waals surface area contributed by atoms with E-state index in [0.29, 0.717) is 5.84 Å². The quantitative estimate of drug-likeness (QED) is 0.637. The zero-order chi connectivity index (χ0) is 19.7. The summed E-state index contributed by atoms with van der Waals surface area (Å²) in [4.78, 5) is 3.43. The lowest BCUT2D eigenvalue weighted by molar-refractivity contribution is -0.667. The van der Waals surface area contributed by atoms with Crippen LogP contribution in [0.5, 0.6) is 0 Å². The molecular weight excluding hydrogens is 374 g/mol. The Kier molecular flexibility index (Phi) is 5.31. The summed E-state index contributed by atoms with van der Waals surface area (Å²) in [5.74, 6) is 2.01. The fourth-order valence-electron chi connectivity index (χ4n) is 4.41. The number of benzene rings is 1. The van der Waals surface area contributed by atoms with Crippen LogP contribution in [-0.2, 0) is 0 Å². The number of fused-ring (bicyclic) bond motifs is 1. The largest absolute Gasteiger partial charge is 0.310 e. The van der Waals surface area contributed by atoms with Gasteiger partial charge < -0.3 is 5.32 Å². The minimum absolute atomic E-state index is 0.294. The number of nitrogens with zero attached hydrogens (tertiary/aromatic N) is 2. The second-order valence-corrected chi connectivity index (χ2v) is 10.0. The third-order valence-electron chi connectivity index (χ3n) is 5.41. The topological polar surface area (TPSA) is 104 Å². The van der Waals surface area contributed by atoms with Crippen LogP contribution in [0.1, 0.15) is 32.4 Å². The summed E-state index contributed by atoms with van der Waals surface area (Å²) in [6.07, 6.45) is 1.97. The first-order valence-corrected chi connectivity index (χ1v) is 11.0. The lowest BCUT2D eigenvalue weighted by atomic mass is 9.58. The summed E-state index contributed by atoms with van der Waals surface area (Å²) in [6, 6.07) is 14.7. The minimum atomic E-state index is -1.17. The highest BCUT2D eigenvalue weighted by atomic mass is 32.2. The number of hydrogen-bond acceptors (Lipinski definition) is 5. The number of amidine groups is 1. The zero-order valence-electron chi connectivity index (χ0n) is 15.8. The average Bonchev–Trinajstić information content (AvgIpc) is 2.88. The van der Waals surface area contributed by atoms with Crippen molar-refractivity contribution in [3.8, 4) is 12.1 Å². The van der Waals surface area contributed by atoms with Crippen molar-refractivity contribution in [1.29, 1.82) is 10.5 Å². The molecule has 5 N–H and O–H groups in total. The van der Waals surface area contributed by atoms with E-state index in [9.17, 15) is 10.5 Å².